The third-order valence-electron chi connectivity index (χ3n) is 5.81. The van der Waals surface area contributed by atoms with Crippen molar-refractivity contribution in [3.63, 3.8) is 0 Å². The van der Waals surface area contributed by atoms with Gasteiger partial charge in [-0.2, -0.15) is 0 Å². The molecule has 0 aliphatic carbocycles. The van der Waals surface area contributed by atoms with E-state index >= 15 is 0 Å². The normalized spacial score (nSPS) is 18.2. The maximum atomic E-state index is 14.7. The average Bonchev–Trinajstić information content (AvgIpc) is 2.82. The van der Waals surface area contributed by atoms with E-state index in [0.717, 1.165) is 56.3 Å². The van der Waals surface area contributed by atoms with E-state index in [1.54, 1.807) is 13.1 Å². The molecule has 166 valence electrons. The molecule has 2 aliphatic heterocycles. The summed E-state index contributed by atoms with van der Waals surface area (Å²) in [7, 11) is 1.79. The number of nitrogens with zero attached hydrogens (tertiary/aromatic N) is 3. The molecule has 0 aromatic heterocycles. The molecule has 0 amide bonds. The standard InChI is InChI=1S/C24H31FN4O2/c1-26-24(29-11-9-21(10-12-29)31-20-5-3-2-4-6-20)27-18-19-7-8-23(22(25)17-19)28-13-15-30-16-14-28/h2-8,17,21H,9-16,18H2,1H3,(H,26,27). The van der Waals surface area contributed by atoms with Gasteiger partial charge in [0, 0.05) is 52.6 Å². The first kappa shape index (κ1) is 21.4. The van der Waals surface area contributed by atoms with Crippen molar-refractivity contribution in [1.29, 1.82) is 0 Å². The van der Waals surface area contributed by atoms with Crippen molar-refractivity contribution in [1.82, 2.24) is 10.2 Å². The Hall–Kier alpha value is -2.80. The number of rotatable bonds is 5. The number of hydrogen-bond acceptors (Lipinski definition) is 4. The van der Waals surface area contributed by atoms with Crippen LogP contribution < -0.4 is 15.0 Å². The van der Waals surface area contributed by atoms with Crippen LogP contribution in [0.5, 0.6) is 5.75 Å². The third-order valence-corrected chi connectivity index (χ3v) is 5.81. The van der Waals surface area contributed by atoms with E-state index in [-0.39, 0.29) is 11.9 Å². The van der Waals surface area contributed by atoms with Crippen LogP contribution in [0, 0.1) is 5.82 Å². The zero-order valence-electron chi connectivity index (χ0n) is 18.1. The Morgan fingerprint density at radius 2 is 1.84 bits per heavy atom. The Balaban J connectivity index is 1.27. The summed E-state index contributed by atoms with van der Waals surface area (Å²) in [6, 6.07) is 15.4. The number of nitrogens with one attached hydrogen (secondary N) is 1. The number of likely N-dealkylation sites (tertiary alicyclic amines) is 1. The molecule has 4 rings (SSSR count). The van der Waals surface area contributed by atoms with Crippen LogP contribution >= 0.6 is 0 Å². The number of ether oxygens (including phenoxy) is 2. The maximum absolute atomic E-state index is 14.7. The topological polar surface area (TPSA) is 49.3 Å². The molecule has 0 spiro atoms. The lowest BCUT2D eigenvalue weighted by Gasteiger charge is -2.34. The van der Waals surface area contributed by atoms with Gasteiger partial charge in [-0.3, -0.25) is 4.99 Å². The highest BCUT2D eigenvalue weighted by molar-refractivity contribution is 5.80. The van der Waals surface area contributed by atoms with Crippen LogP contribution in [-0.2, 0) is 11.3 Å². The van der Waals surface area contributed by atoms with Crippen molar-refractivity contribution in [3.05, 3.63) is 59.9 Å². The van der Waals surface area contributed by atoms with E-state index in [0.29, 0.717) is 25.4 Å². The summed E-state index contributed by atoms with van der Waals surface area (Å²) in [5.41, 5.74) is 1.55. The highest BCUT2D eigenvalue weighted by atomic mass is 19.1. The van der Waals surface area contributed by atoms with Gasteiger partial charge in [-0.1, -0.05) is 24.3 Å². The van der Waals surface area contributed by atoms with Gasteiger partial charge in [-0.15, -0.1) is 0 Å². The fraction of sp³-hybridized carbons (Fsp3) is 0.458. The van der Waals surface area contributed by atoms with Gasteiger partial charge < -0.3 is 24.6 Å². The van der Waals surface area contributed by atoms with Crippen LogP contribution in [-0.4, -0.2) is 63.4 Å². The zero-order chi connectivity index (χ0) is 21.5. The van der Waals surface area contributed by atoms with Crippen molar-refractivity contribution in [2.75, 3.05) is 51.3 Å². The van der Waals surface area contributed by atoms with Crippen molar-refractivity contribution in [2.24, 2.45) is 4.99 Å². The number of morpholine rings is 1. The highest BCUT2D eigenvalue weighted by Crippen LogP contribution is 2.22. The molecule has 6 nitrogen and oxygen atoms in total. The average molecular weight is 427 g/mol. The van der Waals surface area contributed by atoms with E-state index in [2.05, 4.69) is 15.2 Å². The second-order valence-electron chi connectivity index (χ2n) is 7.90. The summed E-state index contributed by atoms with van der Waals surface area (Å²) >= 11 is 0. The van der Waals surface area contributed by atoms with Gasteiger partial charge in [0.25, 0.3) is 0 Å². The first-order valence-corrected chi connectivity index (χ1v) is 11.0. The smallest absolute Gasteiger partial charge is 0.193 e. The van der Waals surface area contributed by atoms with Crippen LogP contribution in [0.25, 0.3) is 0 Å². The predicted molar refractivity (Wildman–Crippen MR) is 121 cm³/mol. The largest absolute Gasteiger partial charge is 0.490 e. The fourth-order valence-corrected chi connectivity index (χ4v) is 4.11. The van der Waals surface area contributed by atoms with E-state index in [1.165, 1.54) is 0 Å². The summed E-state index contributed by atoms with van der Waals surface area (Å²) < 4.78 is 26.1. The Kier molecular flexibility index (Phi) is 7.25. The van der Waals surface area contributed by atoms with Gasteiger partial charge in [0.1, 0.15) is 17.7 Å². The van der Waals surface area contributed by atoms with Gasteiger partial charge in [0.05, 0.1) is 18.9 Å². The molecule has 2 heterocycles. The maximum Gasteiger partial charge on any atom is 0.193 e. The molecule has 2 fully saturated rings. The minimum atomic E-state index is -0.185. The van der Waals surface area contributed by atoms with Crippen LogP contribution in [0.1, 0.15) is 18.4 Å². The van der Waals surface area contributed by atoms with Crippen LogP contribution in [0.3, 0.4) is 0 Å². The van der Waals surface area contributed by atoms with Crippen molar-refractivity contribution < 1.29 is 13.9 Å². The van der Waals surface area contributed by atoms with E-state index < -0.39 is 0 Å². The second kappa shape index (κ2) is 10.5. The number of benzene rings is 2. The number of piperidine rings is 1. The third kappa shape index (κ3) is 5.67. The van der Waals surface area contributed by atoms with Gasteiger partial charge in [0.2, 0.25) is 0 Å². The molecule has 0 atom stereocenters. The Morgan fingerprint density at radius 3 is 2.52 bits per heavy atom. The van der Waals surface area contributed by atoms with Gasteiger partial charge in [0.15, 0.2) is 5.96 Å². The number of para-hydroxylation sites is 1. The van der Waals surface area contributed by atoms with E-state index in [1.807, 2.05) is 47.4 Å². The quantitative estimate of drug-likeness (QED) is 0.587. The number of aliphatic imine (C=N–C) groups is 1. The Labute approximate surface area is 183 Å². The molecule has 1 N–H and O–H groups in total. The number of hydrogen-bond donors (Lipinski definition) is 1. The van der Waals surface area contributed by atoms with Gasteiger partial charge in [-0.05, 0) is 29.8 Å². The minimum absolute atomic E-state index is 0.185. The highest BCUT2D eigenvalue weighted by Gasteiger charge is 2.23. The molecule has 2 aliphatic rings. The van der Waals surface area contributed by atoms with Gasteiger partial charge >= 0.3 is 0 Å². The number of anilines is 1. The van der Waals surface area contributed by atoms with Crippen LogP contribution in [0.4, 0.5) is 10.1 Å². The molecule has 0 saturated carbocycles. The molecule has 31 heavy (non-hydrogen) atoms. The van der Waals surface area contributed by atoms with Crippen LogP contribution in [0.2, 0.25) is 0 Å². The van der Waals surface area contributed by atoms with E-state index in [9.17, 15) is 4.39 Å². The molecule has 0 bridgehead atoms. The SMILES string of the molecule is CN=C(NCc1ccc(N2CCOCC2)c(F)c1)N1CCC(Oc2ccccc2)CC1. The fourth-order valence-electron chi connectivity index (χ4n) is 4.11. The molecular weight excluding hydrogens is 395 g/mol. The zero-order valence-corrected chi connectivity index (χ0v) is 18.1. The summed E-state index contributed by atoms with van der Waals surface area (Å²) in [6.45, 7) is 5.03. The van der Waals surface area contributed by atoms with Crippen molar-refractivity contribution >= 4 is 11.6 Å². The van der Waals surface area contributed by atoms with Crippen LogP contribution in [0.15, 0.2) is 53.5 Å². The molecule has 0 unspecified atom stereocenters. The van der Waals surface area contributed by atoms with Crippen molar-refractivity contribution in [3.8, 4) is 5.75 Å². The predicted octanol–water partition coefficient (Wildman–Crippen LogP) is 3.28. The Morgan fingerprint density at radius 1 is 1.10 bits per heavy atom. The summed E-state index contributed by atoms with van der Waals surface area (Å²) in [6.07, 6.45) is 2.11. The molecule has 2 saturated heterocycles. The molecular formula is C24H31FN4O2. The molecule has 2 aromatic rings. The lowest BCUT2D eigenvalue weighted by molar-refractivity contribution is 0.122. The molecule has 7 heteroatoms. The summed E-state index contributed by atoms with van der Waals surface area (Å²) in [5, 5.41) is 3.38. The first-order chi connectivity index (χ1) is 15.2. The molecule has 0 radical (unpaired) electrons. The lowest BCUT2D eigenvalue weighted by atomic mass is 10.1. The first-order valence-electron chi connectivity index (χ1n) is 11.0. The lowest BCUT2D eigenvalue weighted by Crippen LogP contribution is -2.47. The van der Waals surface area contributed by atoms with Gasteiger partial charge in [-0.25, -0.2) is 4.39 Å². The van der Waals surface area contributed by atoms with E-state index in [4.69, 9.17) is 9.47 Å². The monoisotopic (exact) mass is 426 g/mol. The van der Waals surface area contributed by atoms with Crippen molar-refractivity contribution in [2.45, 2.75) is 25.5 Å². The Bertz CT molecular complexity index is 863. The molecule has 2 aromatic carbocycles. The second-order valence-corrected chi connectivity index (χ2v) is 7.90. The minimum Gasteiger partial charge on any atom is -0.490 e. The number of halogens is 1. The summed E-state index contributed by atoms with van der Waals surface area (Å²) in [5.74, 6) is 1.58. The number of guanidine groups is 1. The summed E-state index contributed by atoms with van der Waals surface area (Å²) in [4.78, 5) is 8.70.